The lowest BCUT2D eigenvalue weighted by Gasteiger charge is -2.07. The number of ether oxygens (including phenoxy) is 1. The third-order valence-electron chi connectivity index (χ3n) is 2.35. The summed E-state index contributed by atoms with van der Waals surface area (Å²) in [4.78, 5) is 10.9. The Hall–Kier alpha value is -2.30. The summed E-state index contributed by atoms with van der Waals surface area (Å²) in [6, 6.07) is 6.73. The third kappa shape index (κ3) is 2.63. The number of hydrogen-bond acceptors (Lipinski definition) is 3. The molecular weight excluding hydrogens is 220 g/mol. The molecule has 1 heterocycles. The SMILES string of the molecule is COc1cc(Cn2cccn2)cc(C(=O)O)c1. The number of methoxy groups -OCH3 is 1. The van der Waals surface area contributed by atoms with Crippen molar-refractivity contribution in [2.75, 3.05) is 7.11 Å². The molecule has 0 radical (unpaired) electrons. The van der Waals surface area contributed by atoms with Crippen LogP contribution in [0.15, 0.2) is 36.7 Å². The van der Waals surface area contributed by atoms with Gasteiger partial charge in [-0.2, -0.15) is 5.10 Å². The lowest BCUT2D eigenvalue weighted by Crippen LogP contribution is -2.03. The zero-order valence-electron chi connectivity index (χ0n) is 9.33. The zero-order chi connectivity index (χ0) is 12.3. The zero-order valence-corrected chi connectivity index (χ0v) is 9.33. The summed E-state index contributed by atoms with van der Waals surface area (Å²) in [6.07, 6.45) is 3.50. The smallest absolute Gasteiger partial charge is 0.335 e. The number of carbonyl (C=O) groups is 1. The minimum absolute atomic E-state index is 0.214. The fraction of sp³-hybridized carbons (Fsp3) is 0.167. The van der Waals surface area contributed by atoms with Crippen molar-refractivity contribution in [2.24, 2.45) is 0 Å². The van der Waals surface area contributed by atoms with Gasteiger partial charge in [0.1, 0.15) is 5.75 Å². The number of aromatic carboxylic acids is 1. The van der Waals surface area contributed by atoms with Crippen molar-refractivity contribution in [3.63, 3.8) is 0 Å². The van der Waals surface area contributed by atoms with Crippen LogP contribution in [0.1, 0.15) is 15.9 Å². The van der Waals surface area contributed by atoms with Gasteiger partial charge in [0.25, 0.3) is 0 Å². The number of carboxylic acid groups (broad SMARTS) is 1. The number of aromatic nitrogens is 2. The van der Waals surface area contributed by atoms with Crippen LogP contribution in [0.25, 0.3) is 0 Å². The molecule has 0 bridgehead atoms. The molecule has 0 amide bonds. The minimum Gasteiger partial charge on any atom is -0.497 e. The Bertz CT molecular complexity index is 521. The normalized spacial score (nSPS) is 10.2. The molecule has 0 aliphatic carbocycles. The summed E-state index contributed by atoms with van der Waals surface area (Å²) in [7, 11) is 1.51. The molecule has 0 unspecified atom stereocenters. The molecule has 88 valence electrons. The van der Waals surface area contributed by atoms with Crippen LogP contribution in [0, 0.1) is 0 Å². The summed E-state index contributed by atoms with van der Waals surface area (Å²) >= 11 is 0. The van der Waals surface area contributed by atoms with Crippen LogP contribution >= 0.6 is 0 Å². The molecule has 0 aliphatic rings. The second-order valence-electron chi connectivity index (χ2n) is 3.58. The first-order valence-electron chi connectivity index (χ1n) is 5.07. The highest BCUT2D eigenvalue weighted by Gasteiger charge is 2.07. The molecular formula is C12H12N2O3. The molecule has 5 heteroatoms. The number of benzene rings is 1. The number of rotatable bonds is 4. The Morgan fingerprint density at radius 2 is 2.29 bits per heavy atom. The second kappa shape index (κ2) is 4.69. The largest absolute Gasteiger partial charge is 0.497 e. The highest BCUT2D eigenvalue weighted by molar-refractivity contribution is 5.88. The molecule has 1 N–H and O–H groups in total. The number of carboxylic acids is 1. The van der Waals surface area contributed by atoms with Crippen LogP contribution in [0.2, 0.25) is 0 Å². The molecule has 0 atom stereocenters. The Morgan fingerprint density at radius 3 is 2.88 bits per heavy atom. The first-order valence-corrected chi connectivity index (χ1v) is 5.07. The summed E-state index contributed by atoms with van der Waals surface area (Å²) in [5.41, 5.74) is 1.05. The maximum absolute atomic E-state index is 10.9. The molecule has 0 fully saturated rings. The Kier molecular flexibility index (Phi) is 3.09. The van der Waals surface area contributed by atoms with Crippen molar-refractivity contribution in [1.82, 2.24) is 9.78 Å². The van der Waals surface area contributed by atoms with Crippen molar-refractivity contribution in [3.05, 3.63) is 47.8 Å². The van der Waals surface area contributed by atoms with Gasteiger partial charge in [-0.05, 0) is 29.8 Å². The molecule has 0 aliphatic heterocycles. The molecule has 2 rings (SSSR count). The molecule has 0 saturated heterocycles. The molecule has 0 saturated carbocycles. The first kappa shape index (κ1) is 11.2. The average molecular weight is 232 g/mol. The van der Waals surface area contributed by atoms with Crippen LogP contribution in [0.3, 0.4) is 0 Å². The van der Waals surface area contributed by atoms with Gasteiger partial charge < -0.3 is 9.84 Å². The minimum atomic E-state index is -0.967. The van der Waals surface area contributed by atoms with Gasteiger partial charge in [-0.15, -0.1) is 0 Å². The summed E-state index contributed by atoms with van der Waals surface area (Å²) in [5.74, 6) is -0.433. The van der Waals surface area contributed by atoms with Crippen molar-refractivity contribution in [1.29, 1.82) is 0 Å². The van der Waals surface area contributed by atoms with E-state index in [1.807, 2.05) is 12.3 Å². The Labute approximate surface area is 98.3 Å². The van der Waals surface area contributed by atoms with E-state index in [1.165, 1.54) is 13.2 Å². The first-order chi connectivity index (χ1) is 8.19. The predicted molar refractivity (Wildman–Crippen MR) is 61.3 cm³/mol. The van der Waals surface area contributed by atoms with E-state index >= 15 is 0 Å². The molecule has 17 heavy (non-hydrogen) atoms. The van der Waals surface area contributed by atoms with Gasteiger partial charge in [-0.25, -0.2) is 4.79 Å². The van der Waals surface area contributed by atoms with Crippen LogP contribution < -0.4 is 4.74 Å². The lowest BCUT2D eigenvalue weighted by molar-refractivity contribution is 0.0696. The topological polar surface area (TPSA) is 64.4 Å². The van der Waals surface area contributed by atoms with Crippen LogP contribution in [-0.2, 0) is 6.54 Å². The third-order valence-corrected chi connectivity index (χ3v) is 2.35. The van der Waals surface area contributed by atoms with Crippen molar-refractivity contribution in [2.45, 2.75) is 6.54 Å². The van der Waals surface area contributed by atoms with Gasteiger partial charge in [-0.3, -0.25) is 4.68 Å². The highest BCUT2D eigenvalue weighted by atomic mass is 16.5. The van der Waals surface area contributed by atoms with Gasteiger partial charge in [0.05, 0.1) is 19.2 Å². The van der Waals surface area contributed by atoms with E-state index in [0.29, 0.717) is 12.3 Å². The van der Waals surface area contributed by atoms with Gasteiger partial charge in [0.2, 0.25) is 0 Å². The van der Waals surface area contributed by atoms with E-state index in [9.17, 15) is 4.79 Å². The fourth-order valence-corrected chi connectivity index (χ4v) is 1.57. The lowest BCUT2D eigenvalue weighted by atomic mass is 10.1. The molecule has 1 aromatic heterocycles. The average Bonchev–Trinajstić information content (AvgIpc) is 2.81. The van der Waals surface area contributed by atoms with E-state index in [4.69, 9.17) is 9.84 Å². The Morgan fingerprint density at radius 1 is 1.47 bits per heavy atom. The fourth-order valence-electron chi connectivity index (χ4n) is 1.57. The van der Waals surface area contributed by atoms with Crippen LogP contribution in [0.4, 0.5) is 0 Å². The summed E-state index contributed by atoms with van der Waals surface area (Å²) < 4.78 is 6.79. The maximum Gasteiger partial charge on any atom is 0.335 e. The van der Waals surface area contributed by atoms with Crippen molar-refractivity contribution >= 4 is 5.97 Å². The predicted octanol–water partition coefficient (Wildman–Crippen LogP) is 1.64. The number of nitrogens with zero attached hydrogens (tertiary/aromatic N) is 2. The maximum atomic E-state index is 10.9. The van der Waals surface area contributed by atoms with E-state index in [0.717, 1.165) is 5.56 Å². The quantitative estimate of drug-likeness (QED) is 0.870. The van der Waals surface area contributed by atoms with Gasteiger partial charge in [-0.1, -0.05) is 0 Å². The van der Waals surface area contributed by atoms with E-state index in [1.54, 1.807) is 23.0 Å². The molecule has 5 nitrogen and oxygen atoms in total. The highest BCUT2D eigenvalue weighted by Crippen LogP contribution is 2.17. The van der Waals surface area contributed by atoms with Crippen molar-refractivity contribution in [3.8, 4) is 5.75 Å². The summed E-state index contributed by atoms with van der Waals surface area (Å²) in [5, 5.41) is 13.0. The molecule has 1 aromatic carbocycles. The Balaban J connectivity index is 2.33. The van der Waals surface area contributed by atoms with Crippen molar-refractivity contribution < 1.29 is 14.6 Å². The van der Waals surface area contributed by atoms with Gasteiger partial charge in [0.15, 0.2) is 0 Å². The van der Waals surface area contributed by atoms with Gasteiger partial charge in [0, 0.05) is 12.4 Å². The monoisotopic (exact) mass is 232 g/mol. The standard InChI is InChI=1S/C12H12N2O3/c1-17-11-6-9(5-10(7-11)12(15)16)8-14-4-2-3-13-14/h2-7H,8H2,1H3,(H,15,16). The van der Waals surface area contributed by atoms with E-state index in [2.05, 4.69) is 5.10 Å². The van der Waals surface area contributed by atoms with Crippen LogP contribution in [0.5, 0.6) is 5.75 Å². The number of hydrogen-bond donors (Lipinski definition) is 1. The van der Waals surface area contributed by atoms with Gasteiger partial charge >= 0.3 is 5.97 Å². The second-order valence-corrected chi connectivity index (χ2v) is 3.58. The van der Waals surface area contributed by atoms with E-state index in [-0.39, 0.29) is 5.56 Å². The molecule has 2 aromatic rings. The molecule has 0 spiro atoms. The van der Waals surface area contributed by atoms with Crippen LogP contribution in [-0.4, -0.2) is 28.0 Å². The summed E-state index contributed by atoms with van der Waals surface area (Å²) in [6.45, 7) is 0.518. The van der Waals surface area contributed by atoms with E-state index < -0.39 is 5.97 Å².